The van der Waals surface area contributed by atoms with E-state index >= 15 is 0 Å². The van der Waals surface area contributed by atoms with E-state index in [1.807, 2.05) is 36.9 Å². The summed E-state index contributed by atoms with van der Waals surface area (Å²) in [7, 11) is 1.93. The van der Waals surface area contributed by atoms with Crippen LogP contribution in [0.5, 0.6) is 0 Å². The summed E-state index contributed by atoms with van der Waals surface area (Å²) >= 11 is 5.21. The van der Waals surface area contributed by atoms with Crippen LogP contribution in [0.3, 0.4) is 0 Å². The number of hydrogen-bond acceptors (Lipinski definition) is 2. The van der Waals surface area contributed by atoms with Gasteiger partial charge in [0.1, 0.15) is 16.0 Å². The van der Waals surface area contributed by atoms with Gasteiger partial charge in [0.25, 0.3) is 0 Å². The van der Waals surface area contributed by atoms with E-state index in [1.54, 1.807) is 0 Å². The maximum atomic E-state index is 5.42. The van der Waals surface area contributed by atoms with Crippen LogP contribution in [0.4, 0.5) is 0 Å². The standard InChI is InChI=1S/C9H9NOS/c1-6-5-7-8(11-6)3-4-10(2)9(7)12/h3-5H,1-2H3. The second-order valence-corrected chi connectivity index (χ2v) is 3.25. The van der Waals surface area contributed by atoms with Crippen LogP contribution in [-0.2, 0) is 7.05 Å². The smallest absolute Gasteiger partial charge is 0.138 e. The van der Waals surface area contributed by atoms with E-state index < -0.39 is 0 Å². The lowest BCUT2D eigenvalue weighted by Gasteiger charge is -1.96. The molecule has 2 aromatic heterocycles. The lowest BCUT2D eigenvalue weighted by molar-refractivity contribution is 0.578. The lowest BCUT2D eigenvalue weighted by Crippen LogP contribution is -1.89. The van der Waals surface area contributed by atoms with Crippen molar-refractivity contribution in [3.05, 3.63) is 28.7 Å². The van der Waals surface area contributed by atoms with E-state index in [1.165, 1.54) is 0 Å². The molecule has 62 valence electrons. The molecule has 2 rings (SSSR count). The van der Waals surface area contributed by atoms with Gasteiger partial charge >= 0.3 is 0 Å². The average Bonchev–Trinajstić information content (AvgIpc) is 2.39. The van der Waals surface area contributed by atoms with E-state index in [9.17, 15) is 0 Å². The monoisotopic (exact) mass is 179 g/mol. The van der Waals surface area contributed by atoms with E-state index in [4.69, 9.17) is 16.6 Å². The Morgan fingerprint density at radius 1 is 1.50 bits per heavy atom. The third-order valence-corrected chi connectivity index (χ3v) is 2.39. The Bertz CT molecular complexity index is 481. The van der Waals surface area contributed by atoms with E-state index in [-0.39, 0.29) is 0 Å². The van der Waals surface area contributed by atoms with E-state index in [2.05, 4.69) is 0 Å². The van der Waals surface area contributed by atoms with Gasteiger partial charge in [-0.15, -0.1) is 0 Å². The summed E-state index contributed by atoms with van der Waals surface area (Å²) in [5.74, 6) is 0.905. The zero-order chi connectivity index (χ0) is 8.72. The van der Waals surface area contributed by atoms with Crippen molar-refractivity contribution in [2.45, 2.75) is 6.92 Å². The zero-order valence-electron chi connectivity index (χ0n) is 7.00. The van der Waals surface area contributed by atoms with Gasteiger partial charge in [0.15, 0.2) is 0 Å². The van der Waals surface area contributed by atoms with Gasteiger partial charge in [0, 0.05) is 13.2 Å². The highest BCUT2D eigenvalue weighted by molar-refractivity contribution is 7.71. The quantitative estimate of drug-likeness (QED) is 0.579. The zero-order valence-corrected chi connectivity index (χ0v) is 7.81. The molecule has 0 saturated carbocycles. The van der Waals surface area contributed by atoms with Crippen molar-refractivity contribution in [2.24, 2.45) is 7.05 Å². The number of hydrogen-bond donors (Lipinski definition) is 0. The van der Waals surface area contributed by atoms with Gasteiger partial charge in [-0.25, -0.2) is 0 Å². The largest absolute Gasteiger partial charge is 0.461 e. The molecule has 0 aliphatic rings. The van der Waals surface area contributed by atoms with Crippen LogP contribution in [-0.4, -0.2) is 4.57 Å². The second kappa shape index (κ2) is 2.45. The van der Waals surface area contributed by atoms with Crippen LogP contribution < -0.4 is 0 Å². The second-order valence-electron chi connectivity index (χ2n) is 2.87. The van der Waals surface area contributed by atoms with Crippen molar-refractivity contribution >= 4 is 23.2 Å². The number of aryl methyl sites for hydroxylation is 2. The molecule has 2 heterocycles. The van der Waals surface area contributed by atoms with Gasteiger partial charge in [-0.1, -0.05) is 12.2 Å². The molecule has 0 bridgehead atoms. The molecule has 0 aliphatic carbocycles. The Morgan fingerprint density at radius 3 is 3.00 bits per heavy atom. The van der Waals surface area contributed by atoms with Gasteiger partial charge in [0.05, 0.1) is 5.39 Å². The third kappa shape index (κ3) is 0.975. The summed E-state index contributed by atoms with van der Waals surface area (Å²) < 4.78 is 8.16. The minimum atomic E-state index is 0.823. The maximum absolute atomic E-state index is 5.42. The van der Waals surface area contributed by atoms with Crippen LogP contribution in [0.1, 0.15) is 5.76 Å². The first-order chi connectivity index (χ1) is 5.68. The highest BCUT2D eigenvalue weighted by Gasteiger charge is 2.01. The van der Waals surface area contributed by atoms with Crippen molar-refractivity contribution in [3.63, 3.8) is 0 Å². The molecule has 0 saturated heterocycles. The van der Waals surface area contributed by atoms with Crippen LogP contribution in [0.25, 0.3) is 11.0 Å². The molecule has 0 unspecified atom stereocenters. The molecule has 0 aliphatic heterocycles. The first-order valence-corrected chi connectivity index (χ1v) is 4.15. The summed E-state index contributed by atoms with van der Waals surface area (Å²) in [6, 6.07) is 3.90. The number of fused-ring (bicyclic) bond motifs is 1. The SMILES string of the molecule is Cc1cc2c(=S)n(C)ccc2o1. The molecule has 0 fully saturated rings. The summed E-state index contributed by atoms with van der Waals surface area (Å²) in [6.45, 7) is 1.93. The molecule has 0 amide bonds. The van der Waals surface area contributed by atoms with Crippen LogP contribution in [0, 0.1) is 11.6 Å². The molecule has 2 nitrogen and oxygen atoms in total. The van der Waals surface area contributed by atoms with Crippen molar-refractivity contribution in [3.8, 4) is 0 Å². The summed E-state index contributed by atoms with van der Waals surface area (Å²) in [5.41, 5.74) is 0.871. The Morgan fingerprint density at radius 2 is 2.25 bits per heavy atom. The van der Waals surface area contributed by atoms with E-state index in [0.29, 0.717) is 0 Å². The van der Waals surface area contributed by atoms with Gasteiger partial charge < -0.3 is 8.98 Å². The van der Waals surface area contributed by atoms with Gasteiger partial charge in [-0.3, -0.25) is 0 Å². The Labute approximate surface area is 75.4 Å². The number of rotatable bonds is 0. The van der Waals surface area contributed by atoms with Gasteiger partial charge in [-0.2, -0.15) is 0 Å². The lowest BCUT2D eigenvalue weighted by atomic mass is 10.3. The normalized spacial score (nSPS) is 10.8. The van der Waals surface area contributed by atoms with Crippen molar-refractivity contribution in [1.29, 1.82) is 0 Å². The predicted octanol–water partition coefficient (Wildman–Crippen LogP) is 2.81. The number of furan rings is 1. The summed E-state index contributed by atoms with van der Waals surface area (Å²) in [6.07, 6.45) is 1.91. The third-order valence-electron chi connectivity index (χ3n) is 1.88. The molecule has 12 heavy (non-hydrogen) atoms. The highest BCUT2D eigenvalue weighted by Crippen LogP contribution is 2.19. The maximum Gasteiger partial charge on any atom is 0.138 e. The molecule has 0 atom stereocenters. The van der Waals surface area contributed by atoms with Crippen LogP contribution in [0.2, 0.25) is 0 Å². The Balaban J connectivity index is 2.99. The molecule has 0 radical (unpaired) electrons. The number of aromatic nitrogens is 1. The molecule has 3 heteroatoms. The fraction of sp³-hybridized carbons (Fsp3) is 0.222. The minimum Gasteiger partial charge on any atom is -0.461 e. The summed E-state index contributed by atoms with van der Waals surface area (Å²) in [4.78, 5) is 0. The number of pyridine rings is 1. The molecule has 0 spiro atoms. The van der Waals surface area contributed by atoms with Crippen molar-refractivity contribution in [1.82, 2.24) is 4.57 Å². The fourth-order valence-corrected chi connectivity index (χ4v) is 1.48. The predicted molar refractivity (Wildman–Crippen MR) is 50.8 cm³/mol. The Kier molecular flexibility index (Phi) is 1.54. The van der Waals surface area contributed by atoms with Crippen LogP contribution in [0.15, 0.2) is 22.7 Å². The van der Waals surface area contributed by atoms with Crippen LogP contribution >= 0.6 is 12.2 Å². The first kappa shape index (κ1) is 7.55. The first-order valence-electron chi connectivity index (χ1n) is 3.74. The van der Waals surface area contributed by atoms with E-state index in [0.717, 1.165) is 21.4 Å². The van der Waals surface area contributed by atoms with Crippen molar-refractivity contribution < 1.29 is 4.42 Å². The molecular weight excluding hydrogens is 170 g/mol. The van der Waals surface area contributed by atoms with Gasteiger partial charge in [-0.05, 0) is 19.1 Å². The fourth-order valence-electron chi connectivity index (χ4n) is 1.26. The highest BCUT2D eigenvalue weighted by atomic mass is 32.1. The van der Waals surface area contributed by atoms with Crippen molar-refractivity contribution in [2.75, 3.05) is 0 Å². The number of nitrogens with zero attached hydrogens (tertiary/aromatic N) is 1. The topological polar surface area (TPSA) is 18.1 Å². The molecule has 2 aromatic rings. The molecule has 0 aromatic carbocycles. The summed E-state index contributed by atoms with van der Waals surface area (Å²) in [5, 5.41) is 1.02. The Hall–Kier alpha value is -1.09. The molecule has 0 N–H and O–H groups in total. The minimum absolute atomic E-state index is 0.823. The average molecular weight is 179 g/mol. The molecular formula is C9H9NOS. The van der Waals surface area contributed by atoms with Gasteiger partial charge in [0.2, 0.25) is 0 Å².